The molecule has 156 valence electrons. The van der Waals surface area contributed by atoms with Gasteiger partial charge in [0, 0.05) is 23.4 Å². The molecule has 1 saturated heterocycles. The summed E-state index contributed by atoms with van der Waals surface area (Å²) >= 11 is 5.92. The topological polar surface area (TPSA) is 52.0 Å². The summed E-state index contributed by atoms with van der Waals surface area (Å²) in [4.78, 5) is 14.4. The maximum atomic E-state index is 12.9. The summed E-state index contributed by atoms with van der Waals surface area (Å²) in [6.45, 7) is 6.37. The molecule has 1 aliphatic rings. The molecule has 1 aliphatic heterocycles. The number of carbonyl (C=O) groups excluding carboxylic acids is 1. The molecule has 1 atom stereocenters. The van der Waals surface area contributed by atoms with Gasteiger partial charge >= 0.3 is 0 Å². The number of likely N-dealkylation sites (tertiary alicyclic amines) is 1. The number of rotatable bonds is 8. The van der Waals surface area contributed by atoms with Crippen LogP contribution in [0.1, 0.15) is 38.3 Å². The van der Waals surface area contributed by atoms with E-state index in [0.717, 1.165) is 18.8 Å². The van der Waals surface area contributed by atoms with Crippen molar-refractivity contribution in [1.29, 1.82) is 0 Å². The van der Waals surface area contributed by atoms with Crippen molar-refractivity contribution in [3.05, 3.63) is 59.1 Å². The Hall–Kier alpha value is -2.24. The van der Waals surface area contributed by atoms with Gasteiger partial charge in [0.05, 0.1) is 26.7 Å². The fraction of sp³-hybridized carbons (Fsp3) is 0.435. The third-order valence-electron chi connectivity index (χ3n) is 5.46. The lowest BCUT2D eigenvalue weighted by Gasteiger charge is -2.29. The predicted octanol–water partition coefficient (Wildman–Crippen LogP) is 3.04. The van der Waals surface area contributed by atoms with E-state index in [9.17, 15) is 4.79 Å². The first-order chi connectivity index (χ1) is 13.9. The lowest BCUT2D eigenvalue weighted by Crippen LogP contribution is -3.11. The Morgan fingerprint density at radius 1 is 1.07 bits per heavy atom. The molecule has 0 saturated carbocycles. The molecule has 0 aliphatic carbocycles. The Balaban J connectivity index is 1.67. The maximum Gasteiger partial charge on any atom is 0.263 e. The van der Waals surface area contributed by atoms with Gasteiger partial charge in [0.2, 0.25) is 0 Å². The van der Waals surface area contributed by atoms with Crippen LogP contribution in [-0.4, -0.2) is 38.3 Å². The largest absolute Gasteiger partial charge is 0.497 e. The molecule has 0 bridgehead atoms. The van der Waals surface area contributed by atoms with Crippen LogP contribution >= 0.6 is 11.6 Å². The van der Waals surface area contributed by atoms with Crippen LogP contribution in [-0.2, 0) is 4.79 Å². The summed E-state index contributed by atoms with van der Waals surface area (Å²) in [5.41, 5.74) is 0.220. The number of hydrogen-bond acceptors (Lipinski definition) is 3. The fourth-order valence-electron chi connectivity index (χ4n) is 3.76. The summed E-state index contributed by atoms with van der Waals surface area (Å²) in [7, 11) is 1.67. The van der Waals surface area contributed by atoms with Crippen molar-refractivity contribution < 1.29 is 19.2 Å². The van der Waals surface area contributed by atoms with E-state index in [0.29, 0.717) is 17.3 Å². The Labute approximate surface area is 177 Å². The van der Waals surface area contributed by atoms with Gasteiger partial charge in [-0.25, -0.2) is 0 Å². The molecule has 2 aromatic carbocycles. The van der Waals surface area contributed by atoms with Crippen LogP contribution < -0.4 is 19.7 Å². The van der Waals surface area contributed by atoms with Crippen molar-refractivity contribution in [1.82, 2.24) is 5.32 Å². The number of methoxy groups -OCH3 is 1. The molecule has 0 spiro atoms. The lowest BCUT2D eigenvalue weighted by molar-refractivity contribution is -0.918. The van der Waals surface area contributed by atoms with E-state index >= 15 is 0 Å². The van der Waals surface area contributed by atoms with Crippen LogP contribution in [0.2, 0.25) is 5.02 Å². The molecule has 2 aromatic rings. The van der Waals surface area contributed by atoms with Gasteiger partial charge in [-0.1, -0.05) is 11.6 Å². The van der Waals surface area contributed by atoms with Crippen molar-refractivity contribution in [2.75, 3.05) is 26.7 Å². The highest BCUT2D eigenvalue weighted by molar-refractivity contribution is 6.30. The first kappa shape index (κ1) is 21.5. The van der Waals surface area contributed by atoms with Gasteiger partial charge in [-0.3, -0.25) is 4.79 Å². The molecular weight excluding hydrogens is 388 g/mol. The second kappa shape index (κ2) is 9.51. The van der Waals surface area contributed by atoms with E-state index in [1.165, 1.54) is 23.3 Å². The molecule has 1 heterocycles. The van der Waals surface area contributed by atoms with Crippen LogP contribution in [0.3, 0.4) is 0 Å². The second-order valence-corrected chi connectivity index (χ2v) is 8.40. The minimum absolute atomic E-state index is 0.135. The highest BCUT2D eigenvalue weighted by atomic mass is 35.5. The van der Waals surface area contributed by atoms with Gasteiger partial charge in [0.1, 0.15) is 17.5 Å². The van der Waals surface area contributed by atoms with Crippen LogP contribution in [0.5, 0.6) is 11.5 Å². The molecule has 29 heavy (non-hydrogen) atoms. The standard InChI is InChI=1S/C23H29ClN2O3/c1-23(2,29-20-12-8-18(24)9-13-20)22(27)25-16-21(26-14-4-5-15-26)17-6-10-19(28-3)11-7-17/h6-13,21H,4-5,14-16H2,1-3H3,(H,25,27)/p+1/t21-/m0/s1. The number of benzene rings is 2. The van der Waals surface area contributed by atoms with Gasteiger partial charge in [0.25, 0.3) is 5.91 Å². The van der Waals surface area contributed by atoms with E-state index in [-0.39, 0.29) is 11.9 Å². The number of carbonyl (C=O) groups is 1. The first-order valence-corrected chi connectivity index (χ1v) is 10.5. The Kier molecular flexibility index (Phi) is 7.04. The average molecular weight is 418 g/mol. The lowest BCUT2D eigenvalue weighted by atomic mass is 10.0. The molecule has 6 heteroatoms. The fourth-order valence-corrected chi connectivity index (χ4v) is 3.89. The summed E-state index contributed by atoms with van der Waals surface area (Å²) < 4.78 is 11.2. The van der Waals surface area contributed by atoms with Crippen molar-refractivity contribution in [3.63, 3.8) is 0 Å². The van der Waals surface area contributed by atoms with Gasteiger partial charge in [0.15, 0.2) is 5.60 Å². The zero-order valence-corrected chi connectivity index (χ0v) is 18.1. The summed E-state index contributed by atoms with van der Waals surface area (Å²) in [6, 6.07) is 15.4. The first-order valence-electron chi connectivity index (χ1n) is 10.1. The predicted molar refractivity (Wildman–Crippen MR) is 115 cm³/mol. The number of halogens is 1. The second-order valence-electron chi connectivity index (χ2n) is 7.97. The quantitative estimate of drug-likeness (QED) is 0.694. The van der Waals surface area contributed by atoms with Crippen molar-refractivity contribution in [2.45, 2.75) is 38.3 Å². The number of quaternary nitrogens is 1. The van der Waals surface area contributed by atoms with E-state index in [1.54, 1.807) is 45.2 Å². The average Bonchev–Trinajstić information content (AvgIpc) is 3.24. The van der Waals surface area contributed by atoms with Crippen LogP contribution in [0, 0.1) is 0 Å². The molecule has 1 fully saturated rings. The SMILES string of the molecule is COc1ccc([C@H](CNC(=O)C(C)(C)Oc2ccc(Cl)cc2)[NH+]2CCCC2)cc1. The minimum atomic E-state index is -0.987. The van der Waals surface area contributed by atoms with Gasteiger partial charge in [-0.15, -0.1) is 0 Å². The van der Waals surface area contributed by atoms with Crippen molar-refractivity contribution >= 4 is 17.5 Å². The molecule has 0 radical (unpaired) electrons. The number of amides is 1. The Morgan fingerprint density at radius 2 is 1.66 bits per heavy atom. The molecular formula is C23H30ClN2O3+. The molecule has 2 N–H and O–H groups in total. The summed E-state index contributed by atoms with van der Waals surface area (Å²) in [6.07, 6.45) is 2.45. The number of hydrogen-bond donors (Lipinski definition) is 2. The van der Waals surface area contributed by atoms with Crippen molar-refractivity contribution in [3.8, 4) is 11.5 Å². The van der Waals surface area contributed by atoms with E-state index in [2.05, 4.69) is 17.4 Å². The Bertz CT molecular complexity index is 800. The Morgan fingerprint density at radius 3 is 2.24 bits per heavy atom. The van der Waals surface area contributed by atoms with Crippen LogP contribution in [0.25, 0.3) is 0 Å². The molecule has 0 unspecified atom stereocenters. The third kappa shape index (κ3) is 5.64. The zero-order valence-electron chi connectivity index (χ0n) is 17.3. The third-order valence-corrected chi connectivity index (χ3v) is 5.71. The normalized spacial score (nSPS) is 15.7. The molecule has 0 aromatic heterocycles. The van der Waals surface area contributed by atoms with Crippen LogP contribution in [0.15, 0.2) is 48.5 Å². The highest BCUT2D eigenvalue weighted by Crippen LogP contribution is 2.21. The summed E-state index contributed by atoms with van der Waals surface area (Å²) in [5.74, 6) is 1.32. The van der Waals surface area contributed by atoms with E-state index < -0.39 is 5.60 Å². The van der Waals surface area contributed by atoms with E-state index in [1.807, 2.05) is 12.1 Å². The highest BCUT2D eigenvalue weighted by Gasteiger charge is 2.33. The maximum absolute atomic E-state index is 12.9. The van der Waals surface area contributed by atoms with Crippen molar-refractivity contribution in [2.24, 2.45) is 0 Å². The smallest absolute Gasteiger partial charge is 0.263 e. The monoisotopic (exact) mass is 417 g/mol. The molecule has 1 amide bonds. The van der Waals surface area contributed by atoms with Gasteiger partial charge in [-0.05, 0) is 62.4 Å². The zero-order chi connectivity index (χ0) is 20.9. The number of nitrogens with one attached hydrogen (secondary N) is 2. The molecule has 5 nitrogen and oxygen atoms in total. The minimum Gasteiger partial charge on any atom is -0.497 e. The summed E-state index contributed by atoms with van der Waals surface area (Å²) in [5, 5.41) is 3.75. The van der Waals surface area contributed by atoms with Gasteiger partial charge in [-0.2, -0.15) is 0 Å². The molecule has 3 rings (SSSR count). The van der Waals surface area contributed by atoms with Gasteiger partial charge < -0.3 is 19.7 Å². The van der Waals surface area contributed by atoms with E-state index in [4.69, 9.17) is 21.1 Å². The van der Waals surface area contributed by atoms with Crippen LogP contribution in [0.4, 0.5) is 0 Å². The number of ether oxygens (including phenoxy) is 2.